The lowest BCUT2D eigenvalue weighted by molar-refractivity contribution is 0.372. The molecule has 0 aliphatic carbocycles. The van der Waals surface area contributed by atoms with Crippen LogP contribution in [0.4, 0.5) is 0 Å². The fourth-order valence-corrected chi connectivity index (χ4v) is 2.89. The molecule has 0 saturated heterocycles. The summed E-state index contributed by atoms with van der Waals surface area (Å²) in [5, 5.41) is 13.6. The quantitative estimate of drug-likeness (QED) is 0.880. The van der Waals surface area contributed by atoms with Crippen molar-refractivity contribution in [3.05, 3.63) is 59.2 Å². The number of hydrogen-bond acceptors (Lipinski definition) is 3. The highest BCUT2D eigenvalue weighted by atomic mass is 16.5. The van der Waals surface area contributed by atoms with Crippen molar-refractivity contribution in [3.8, 4) is 11.5 Å². The summed E-state index contributed by atoms with van der Waals surface area (Å²) in [5.74, 6) is 1.04. The maximum atomic E-state index is 10.1. The predicted octanol–water partition coefficient (Wildman–Crippen LogP) is 2.68. The molecule has 3 rings (SSSR count). The average molecular weight is 269 g/mol. The molecule has 1 heterocycles. The minimum Gasteiger partial charge on any atom is -0.504 e. The van der Waals surface area contributed by atoms with Crippen LogP contribution in [0.2, 0.25) is 0 Å². The summed E-state index contributed by atoms with van der Waals surface area (Å²) >= 11 is 0. The molecule has 2 aromatic carbocycles. The van der Waals surface area contributed by atoms with Gasteiger partial charge in [-0.15, -0.1) is 0 Å². The molecule has 3 nitrogen and oxygen atoms in total. The summed E-state index contributed by atoms with van der Waals surface area (Å²) in [4.78, 5) is 0. The van der Waals surface area contributed by atoms with Crippen LogP contribution in [0.15, 0.2) is 42.5 Å². The van der Waals surface area contributed by atoms with Crippen LogP contribution in [0.25, 0.3) is 0 Å². The van der Waals surface area contributed by atoms with Gasteiger partial charge in [0.15, 0.2) is 11.5 Å². The molecule has 20 heavy (non-hydrogen) atoms. The zero-order chi connectivity index (χ0) is 13.9. The first-order valence-electron chi connectivity index (χ1n) is 6.95. The van der Waals surface area contributed by atoms with Crippen molar-refractivity contribution in [2.75, 3.05) is 20.2 Å². The molecule has 2 aromatic rings. The van der Waals surface area contributed by atoms with E-state index in [1.165, 1.54) is 16.7 Å². The Morgan fingerprint density at radius 2 is 2.00 bits per heavy atom. The SMILES string of the molecule is COc1cc2c(cc1O)C(c1ccccc1)CNCC2. The number of phenolic OH excluding ortho intramolecular Hbond substituents is 1. The van der Waals surface area contributed by atoms with Crippen molar-refractivity contribution in [1.82, 2.24) is 5.32 Å². The summed E-state index contributed by atoms with van der Waals surface area (Å²) in [6, 6.07) is 14.3. The number of benzene rings is 2. The minimum atomic E-state index is 0.217. The maximum Gasteiger partial charge on any atom is 0.160 e. The van der Waals surface area contributed by atoms with Crippen LogP contribution in [-0.4, -0.2) is 25.3 Å². The highest BCUT2D eigenvalue weighted by Gasteiger charge is 2.22. The summed E-state index contributed by atoms with van der Waals surface area (Å²) in [6.07, 6.45) is 0.954. The smallest absolute Gasteiger partial charge is 0.160 e. The van der Waals surface area contributed by atoms with E-state index in [4.69, 9.17) is 4.74 Å². The van der Waals surface area contributed by atoms with Crippen LogP contribution in [-0.2, 0) is 6.42 Å². The van der Waals surface area contributed by atoms with Crippen LogP contribution in [0.5, 0.6) is 11.5 Å². The molecule has 0 amide bonds. The second kappa shape index (κ2) is 5.55. The summed E-state index contributed by atoms with van der Waals surface area (Å²) in [6.45, 7) is 1.84. The normalized spacial score (nSPS) is 18.1. The van der Waals surface area contributed by atoms with Crippen LogP contribution in [0.1, 0.15) is 22.6 Å². The number of aromatic hydroxyl groups is 1. The zero-order valence-electron chi connectivity index (χ0n) is 11.6. The lowest BCUT2D eigenvalue weighted by atomic mass is 9.88. The molecule has 1 atom stereocenters. The predicted molar refractivity (Wildman–Crippen MR) is 79.5 cm³/mol. The van der Waals surface area contributed by atoms with Gasteiger partial charge in [0.05, 0.1) is 7.11 Å². The molecular formula is C17H19NO2. The number of fused-ring (bicyclic) bond motifs is 1. The lowest BCUT2D eigenvalue weighted by Crippen LogP contribution is -2.20. The third-order valence-electron chi connectivity index (χ3n) is 3.94. The van der Waals surface area contributed by atoms with Gasteiger partial charge in [-0.25, -0.2) is 0 Å². The molecule has 0 bridgehead atoms. The third kappa shape index (κ3) is 2.37. The Bertz CT molecular complexity index is 595. The van der Waals surface area contributed by atoms with E-state index in [-0.39, 0.29) is 11.7 Å². The van der Waals surface area contributed by atoms with Crippen LogP contribution < -0.4 is 10.1 Å². The number of ether oxygens (including phenoxy) is 1. The van der Waals surface area contributed by atoms with Gasteiger partial charge in [-0.1, -0.05) is 30.3 Å². The molecule has 0 radical (unpaired) electrons. The molecule has 0 spiro atoms. The molecule has 1 unspecified atom stereocenters. The van der Waals surface area contributed by atoms with Gasteiger partial charge < -0.3 is 15.2 Å². The van der Waals surface area contributed by atoms with Gasteiger partial charge in [0.1, 0.15) is 0 Å². The van der Waals surface area contributed by atoms with Gasteiger partial charge in [-0.3, -0.25) is 0 Å². The van der Waals surface area contributed by atoms with Crippen LogP contribution >= 0.6 is 0 Å². The van der Waals surface area contributed by atoms with Gasteiger partial charge in [0.25, 0.3) is 0 Å². The van der Waals surface area contributed by atoms with E-state index in [1.54, 1.807) is 7.11 Å². The number of phenols is 1. The average Bonchev–Trinajstić information content (AvgIpc) is 2.69. The fraction of sp³-hybridized carbons (Fsp3) is 0.294. The van der Waals surface area contributed by atoms with Crippen molar-refractivity contribution in [1.29, 1.82) is 0 Å². The highest BCUT2D eigenvalue weighted by molar-refractivity contribution is 5.50. The largest absolute Gasteiger partial charge is 0.504 e. The van der Waals surface area contributed by atoms with Crippen molar-refractivity contribution in [2.45, 2.75) is 12.3 Å². The number of hydrogen-bond donors (Lipinski definition) is 2. The molecule has 0 aromatic heterocycles. The van der Waals surface area contributed by atoms with Gasteiger partial charge in [-0.2, -0.15) is 0 Å². The Morgan fingerprint density at radius 1 is 1.20 bits per heavy atom. The van der Waals surface area contributed by atoms with Crippen LogP contribution in [0, 0.1) is 0 Å². The van der Waals surface area contributed by atoms with Crippen molar-refractivity contribution in [2.24, 2.45) is 0 Å². The zero-order valence-corrected chi connectivity index (χ0v) is 11.6. The number of nitrogens with one attached hydrogen (secondary N) is 1. The minimum absolute atomic E-state index is 0.217. The van der Waals surface area contributed by atoms with Gasteiger partial charge in [0, 0.05) is 12.5 Å². The van der Waals surface area contributed by atoms with E-state index in [2.05, 4.69) is 29.6 Å². The second-order valence-electron chi connectivity index (χ2n) is 5.14. The first-order valence-corrected chi connectivity index (χ1v) is 6.95. The summed E-state index contributed by atoms with van der Waals surface area (Å²) in [7, 11) is 1.59. The monoisotopic (exact) mass is 269 g/mol. The van der Waals surface area contributed by atoms with Crippen molar-refractivity contribution < 1.29 is 9.84 Å². The van der Waals surface area contributed by atoms with E-state index in [1.807, 2.05) is 18.2 Å². The molecule has 104 valence electrons. The Hall–Kier alpha value is -2.00. The van der Waals surface area contributed by atoms with Gasteiger partial charge >= 0.3 is 0 Å². The fourth-order valence-electron chi connectivity index (χ4n) is 2.89. The Balaban J connectivity index is 2.09. The molecule has 0 saturated carbocycles. The molecule has 1 aliphatic rings. The summed E-state index contributed by atoms with van der Waals surface area (Å²) in [5.41, 5.74) is 3.71. The topological polar surface area (TPSA) is 41.5 Å². The first-order chi connectivity index (χ1) is 9.79. The lowest BCUT2D eigenvalue weighted by Gasteiger charge is -2.19. The van der Waals surface area contributed by atoms with E-state index in [0.717, 1.165) is 19.5 Å². The van der Waals surface area contributed by atoms with Crippen molar-refractivity contribution in [3.63, 3.8) is 0 Å². The summed E-state index contributed by atoms with van der Waals surface area (Å²) < 4.78 is 5.22. The maximum absolute atomic E-state index is 10.1. The molecular weight excluding hydrogens is 250 g/mol. The van der Waals surface area contributed by atoms with E-state index in [9.17, 15) is 5.11 Å². The Morgan fingerprint density at radius 3 is 2.75 bits per heavy atom. The van der Waals surface area contributed by atoms with E-state index >= 15 is 0 Å². The second-order valence-corrected chi connectivity index (χ2v) is 5.14. The molecule has 2 N–H and O–H groups in total. The van der Waals surface area contributed by atoms with E-state index < -0.39 is 0 Å². The Labute approximate surface area is 119 Å². The highest BCUT2D eigenvalue weighted by Crippen LogP contribution is 2.36. The molecule has 1 aliphatic heterocycles. The Kier molecular flexibility index (Phi) is 3.61. The first kappa shape index (κ1) is 13.0. The molecule has 3 heteroatoms. The number of rotatable bonds is 2. The third-order valence-corrected chi connectivity index (χ3v) is 3.94. The van der Waals surface area contributed by atoms with Crippen LogP contribution in [0.3, 0.4) is 0 Å². The van der Waals surface area contributed by atoms with Gasteiger partial charge in [-0.05, 0) is 41.8 Å². The number of methoxy groups -OCH3 is 1. The van der Waals surface area contributed by atoms with E-state index in [0.29, 0.717) is 5.75 Å². The molecule has 0 fully saturated rings. The van der Waals surface area contributed by atoms with Gasteiger partial charge in [0.2, 0.25) is 0 Å². The standard InChI is InChI=1S/C17H19NO2/c1-20-17-9-13-7-8-18-11-15(14(13)10-16(17)19)12-5-3-2-4-6-12/h2-6,9-10,15,18-19H,7-8,11H2,1H3. The van der Waals surface area contributed by atoms with Crippen molar-refractivity contribution >= 4 is 0 Å².